The second kappa shape index (κ2) is 5.48. The maximum Gasteiger partial charge on any atom is 0.274 e. The number of nitrogen functional groups attached to an aromatic ring is 1. The Labute approximate surface area is 129 Å². The molecule has 2 aromatic carbocycles. The molecule has 0 spiro atoms. The lowest BCUT2D eigenvalue weighted by Gasteiger charge is -2.11. The van der Waals surface area contributed by atoms with Gasteiger partial charge in [-0.15, -0.1) is 0 Å². The number of nitrogens with two attached hydrogens (primary N) is 1. The molecule has 4 nitrogen and oxygen atoms in total. The summed E-state index contributed by atoms with van der Waals surface area (Å²) in [5.41, 5.74) is 9.88. The number of nitrogens with one attached hydrogen (secondary N) is 1. The number of anilines is 2. The fraction of sp³-hybridized carbons (Fsp3) is 0.111. The van der Waals surface area contributed by atoms with Crippen molar-refractivity contribution in [3.63, 3.8) is 0 Å². The van der Waals surface area contributed by atoms with Gasteiger partial charge in [-0.1, -0.05) is 24.3 Å². The van der Waals surface area contributed by atoms with Crippen LogP contribution < -0.4 is 11.1 Å². The first-order valence-corrected chi connectivity index (χ1v) is 7.08. The zero-order valence-electron chi connectivity index (χ0n) is 12.6. The number of rotatable bonds is 2. The Morgan fingerprint density at radius 3 is 2.68 bits per heavy atom. The molecule has 1 aromatic heterocycles. The van der Waals surface area contributed by atoms with Gasteiger partial charge in [0.05, 0.1) is 0 Å². The normalized spacial score (nSPS) is 10.6. The molecule has 0 atom stereocenters. The van der Waals surface area contributed by atoms with E-state index in [1.165, 1.54) is 0 Å². The van der Waals surface area contributed by atoms with E-state index in [0.29, 0.717) is 11.4 Å². The zero-order chi connectivity index (χ0) is 15.7. The predicted octanol–water partition coefficient (Wildman–Crippen LogP) is 3.69. The topological polar surface area (TPSA) is 68.0 Å². The van der Waals surface area contributed by atoms with E-state index in [1.54, 1.807) is 6.20 Å². The van der Waals surface area contributed by atoms with Crippen LogP contribution in [0.5, 0.6) is 0 Å². The first-order chi connectivity index (χ1) is 10.6. The molecule has 0 saturated carbocycles. The Balaban J connectivity index is 2.05. The Morgan fingerprint density at radius 1 is 1.14 bits per heavy atom. The number of amides is 1. The molecule has 0 unspecified atom stereocenters. The summed E-state index contributed by atoms with van der Waals surface area (Å²) in [7, 11) is 0. The molecule has 4 heteroatoms. The van der Waals surface area contributed by atoms with Crippen LogP contribution in [0.3, 0.4) is 0 Å². The van der Waals surface area contributed by atoms with Gasteiger partial charge in [0.1, 0.15) is 5.69 Å². The molecule has 0 bridgehead atoms. The molecule has 0 radical (unpaired) electrons. The summed E-state index contributed by atoms with van der Waals surface area (Å²) in [6.45, 7) is 3.92. The molecule has 0 aliphatic heterocycles. The molecule has 3 rings (SSSR count). The van der Waals surface area contributed by atoms with Crippen molar-refractivity contribution in [1.29, 1.82) is 0 Å². The van der Waals surface area contributed by atoms with Gasteiger partial charge in [-0.25, -0.2) is 0 Å². The van der Waals surface area contributed by atoms with E-state index in [4.69, 9.17) is 5.73 Å². The minimum atomic E-state index is -0.235. The highest BCUT2D eigenvalue weighted by Gasteiger charge is 2.14. The van der Waals surface area contributed by atoms with Gasteiger partial charge in [0.25, 0.3) is 5.91 Å². The largest absolute Gasteiger partial charge is 0.398 e. The monoisotopic (exact) mass is 291 g/mol. The number of aryl methyl sites for hydroxylation is 2. The first kappa shape index (κ1) is 14.1. The molecule has 1 amide bonds. The van der Waals surface area contributed by atoms with Crippen LogP contribution in [0, 0.1) is 13.8 Å². The van der Waals surface area contributed by atoms with Crippen LogP contribution in [0.2, 0.25) is 0 Å². The molecule has 0 fully saturated rings. The highest BCUT2D eigenvalue weighted by molar-refractivity contribution is 6.13. The lowest BCUT2D eigenvalue weighted by molar-refractivity contribution is 0.102. The predicted molar refractivity (Wildman–Crippen MR) is 90.0 cm³/mol. The van der Waals surface area contributed by atoms with E-state index in [0.717, 1.165) is 27.6 Å². The Kier molecular flexibility index (Phi) is 3.51. The molecule has 22 heavy (non-hydrogen) atoms. The van der Waals surface area contributed by atoms with Crippen molar-refractivity contribution in [3.05, 3.63) is 65.5 Å². The minimum absolute atomic E-state index is 0.235. The van der Waals surface area contributed by atoms with Crippen LogP contribution in [0.25, 0.3) is 10.8 Å². The highest BCUT2D eigenvalue weighted by atomic mass is 16.1. The van der Waals surface area contributed by atoms with Crippen LogP contribution >= 0.6 is 0 Å². The zero-order valence-corrected chi connectivity index (χ0v) is 12.6. The molecular weight excluding hydrogens is 274 g/mol. The quantitative estimate of drug-likeness (QED) is 0.708. The number of carbonyl (C=O) groups is 1. The molecule has 3 N–H and O–H groups in total. The number of carbonyl (C=O) groups excluding carboxylic acids is 1. The maximum absolute atomic E-state index is 12.5. The molecule has 1 heterocycles. The minimum Gasteiger partial charge on any atom is -0.398 e. The van der Waals surface area contributed by atoms with E-state index < -0.39 is 0 Å². The number of nitrogens with zero attached hydrogens (tertiary/aromatic N) is 1. The summed E-state index contributed by atoms with van der Waals surface area (Å²) in [5, 5.41) is 4.54. The summed E-state index contributed by atoms with van der Waals surface area (Å²) in [6, 6.07) is 13.2. The smallest absolute Gasteiger partial charge is 0.274 e. The highest BCUT2D eigenvalue weighted by Crippen LogP contribution is 2.26. The van der Waals surface area contributed by atoms with Gasteiger partial charge < -0.3 is 11.1 Å². The van der Waals surface area contributed by atoms with Crippen molar-refractivity contribution in [1.82, 2.24) is 4.98 Å². The van der Waals surface area contributed by atoms with Crippen LogP contribution in [0.4, 0.5) is 11.4 Å². The summed E-state index contributed by atoms with van der Waals surface area (Å²) in [6.07, 6.45) is 1.68. The average molecular weight is 291 g/mol. The van der Waals surface area contributed by atoms with Gasteiger partial charge in [0, 0.05) is 28.3 Å². The SMILES string of the molecule is Cc1cccc(NC(=O)c2ncc(C)c3c(N)cccc23)c1. The van der Waals surface area contributed by atoms with Crippen molar-refractivity contribution in [3.8, 4) is 0 Å². The van der Waals surface area contributed by atoms with E-state index in [-0.39, 0.29) is 5.91 Å². The van der Waals surface area contributed by atoms with Crippen molar-refractivity contribution < 1.29 is 4.79 Å². The van der Waals surface area contributed by atoms with E-state index >= 15 is 0 Å². The molecule has 3 aromatic rings. The van der Waals surface area contributed by atoms with Gasteiger partial charge in [-0.3, -0.25) is 9.78 Å². The fourth-order valence-electron chi connectivity index (χ4n) is 2.60. The van der Waals surface area contributed by atoms with Crippen LogP contribution in [0.1, 0.15) is 21.6 Å². The lowest BCUT2D eigenvalue weighted by Crippen LogP contribution is -2.14. The third kappa shape index (κ3) is 2.51. The Bertz CT molecular complexity index is 863. The summed E-state index contributed by atoms with van der Waals surface area (Å²) in [5.74, 6) is -0.235. The maximum atomic E-state index is 12.5. The van der Waals surface area contributed by atoms with Gasteiger partial charge in [0.15, 0.2) is 0 Å². The molecular formula is C18H17N3O. The molecule has 0 aliphatic carbocycles. The molecule has 0 aliphatic rings. The van der Waals surface area contributed by atoms with Crippen molar-refractivity contribution in [2.45, 2.75) is 13.8 Å². The van der Waals surface area contributed by atoms with E-state index in [9.17, 15) is 4.79 Å². The third-order valence-electron chi connectivity index (χ3n) is 3.62. The number of hydrogen-bond acceptors (Lipinski definition) is 3. The van der Waals surface area contributed by atoms with E-state index in [2.05, 4.69) is 10.3 Å². The van der Waals surface area contributed by atoms with Crippen LogP contribution in [-0.2, 0) is 0 Å². The number of hydrogen-bond donors (Lipinski definition) is 2. The third-order valence-corrected chi connectivity index (χ3v) is 3.62. The summed E-state index contributed by atoms with van der Waals surface area (Å²) < 4.78 is 0. The average Bonchev–Trinajstić information content (AvgIpc) is 2.47. The van der Waals surface area contributed by atoms with Gasteiger partial charge in [-0.05, 0) is 43.2 Å². The second-order valence-electron chi connectivity index (χ2n) is 5.38. The standard InChI is InChI=1S/C18H17N3O/c1-11-5-3-6-13(9-11)21-18(22)17-14-7-4-8-15(19)16(14)12(2)10-20-17/h3-10H,19H2,1-2H3,(H,21,22). The molecule has 0 saturated heterocycles. The molecule has 110 valence electrons. The van der Waals surface area contributed by atoms with Crippen molar-refractivity contribution in [2.24, 2.45) is 0 Å². The lowest BCUT2D eigenvalue weighted by atomic mass is 10.0. The van der Waals surface area contributed by atoms with Crippen LogP contribution in [-0.4, -0.2) is 10.9 Å². The van der Waals surface area contributed by atoms with Gasteiger partial charge >= 0.3 is 0 Å². The van der Waals surface area contributed by atoms with Gasteiger partial charge in [0.2, 0.25) is 0 Å². The second-order valence-corrected chi connectivity index (χ2v) is 5.38. The van der Waals surface area contributed by atoms with Gasteiger partial charge in [-0.2, -0.15) is 0 Å². The van der Waals surface area contributed by atoms with Crippen molar-refractivity contribution >= 4 is 28.1 Å². The Hall–Kier alpha value is -2.88. The van der Waals surface area contributed by atoms with Crippen LogP contribution in [0.15, 0.2) is 48.7 Å². The summed E-state index contributed by atoms with van der Waals surface area (Å²) >= 11 is 0. The van der Waals surface area contributed by atoms with Crippen molar-refractivity contribution in [2.75, 3.05) is 11.1 Å². The Morgan fingerprint density at radius 2 is 1.91 bits per heavy atom. The number of fused-ring (bicyclic) bond motifs is 1. The number of aromatic nitrogens is 1. The number of pyridine rings is 1. The summed E-state index contributed by atoms with van der Waals surface area (Å²) in [4.78, 5) is 16.8. The van der Waals surface area contributed by atoms with E-state index in [1.807, 2.05) is 56.3 Å². The fourth-order valence-corrected chi connectivity index (χ4v) is 2.60. The first-order valence-electron chi connectivity index (χ1n) is 7.08. The number of benzene rings is 2.